The molecule has 0 radical (unpaired) electrons. The summed E-state index contributed by atoms with van der Waals surface area (Å²) in [5, 5.41) is 11.1. The Bertz CT molecular complexity index is 926. The van der Waals surface area contributed by atoms with Crippen LogP contribution in [0.1, 0.15) is 16.8 Å². The lowest BCUT2D eigenvalue weighted by Gasteiger charge is -2.34. The largest absolute Gasteiger partial charge is 0.496 e. The zero-order valence-corrected chi connectivity index (χ0v) is 15.4. The number of carbonyl (C=O) groups excluding carboxylic acids is 2. The van der Waals surface area contributed by atoms with Crippen molar-refractivity contribution in [3.8, 4) is 5.75 Å². The number of likely N-dealkylation sites (tertiary alicyclic amines) is 2. The number of hydrogen-bond donors (Lipinski definition) is 0. The fraction of sp³-hybridized carbons (Fsp3) is 0.368. The van der Waals surface area contributed by atoms with Gasteiger partial charge in [-0.3, -0.25) is 19.7 Å². The first-order chi connectivity index (χ1) is 13.5. The van der Waals surface area contributed by atoms with Crippen molar-refractivity contribution >= 4 is 17.5 Å². The van der Waals surface area contributed by atoms with Crippen LogP contribution in [0.5, 0.6) is 5.75 Å². The number of ether oxygens (including phenoxy) is 1. The fourth-order valence-corrected chi connectivity index (χ4v) is 4.04. The zero-order valence-electron chi connectivity index (χ0n) is 15.4. The number of non-ortho nitro benzene ring substituents is 1. The Morgan fingerprint density at radius 2 is 1.82 bits per heavy atom. The monoisotopic (exact) mass is 384 g/mol. The van der Waals surface area contributed by atoms with Gasteiger partial charge in [0.2, 0.25) is 5.91 Å². The highest BCUT2D eigenvalue weighted by molar-refractivity contribution is 5.96. The third-order valence-corrected chi connectivity index (χ3v) is 5.39. The van der Waals surface area contributed by atoms with Crippen LogP contribution in [0.3, 0.4) is 0 Å². The number of nitro benzene ring substituents is 1. The molecule has 146 valence electrons. The second kappa shape index (κ2) is 6.99. The lowest BCUT2D eigenvalue weighted by atomic mass is 10.1. The van der Waals surface area contributed by atoms with Crippen molar-refractivity contribution in [2.45, 2.75) is 25.0 Å². The number of rotatable bonds is 5. The van der Waals surface area contributed by atoms with E-state index in [4.69, 9.17) is 4.74 Å². The minimum absolute atomic E-state index is 0.0161. The van der Waals surface area contributed by atoms with Crippen molar-refractivity contribution in [2.75, 3.05) is 20.2 Å². The number of fused-ring (bicyclic) bond motifs is 2. The van der Waals surface area contributed by atoms with Crippen LogP contribution >= 0.6 is 0 Å². The molecule has 1 aromatic heterocycles. The van der Waals surface area contributed by atoms with Crippen LogP contribution in [0.25, 0.3) is 0 Å². The predicted molar refractivity (Wildman–Crippen MR) is 99.0 cm³/mol. The molecule has 0 unspecified atom stereocenters. The Morgan fingerprint density at radius 3 is 2.43 bits per heavy atom. The predicted octanol–water partition coefficient (Wildman–Crippen LogP) is 1.53. The number of benzene rings is 1. The Kier molecular flexibility index (Phi) is 4.50. The van der Waals surface area contributed by atoms with Crippen molar-refractivity contribution in [3.63, 3.8) is 0 Å². The topological polar surface area (TPSA) is 97.9 Å². The molecule has 2 atom stereocenters. The molecule has 2 aromatic rings. The Hall–Kier alpha value is -3.36. The third-order valence-electron chi connectivity index (χ3n) is 5.39. The molecule has 0 aliphatic carbocycles. The highest BCUT2D eigenvalue weighted by Gasteiger charge is 2.47. The molecule has 2 aliphatic heterocycles. The zero-order chi connectivity index (χ0) is 19.8. The van der Waals surface area contributed by atoms with E-state index < -0.39 is 4.92 Å². The van der Waals surface area contributed by atoms with Crippen molar-refractivity contribution in [2.24, 2.45) is 0 Å². The van der Waals surface area contributed by atoms with Gasteiger partial charge in [-0.2, -0.15) is 0 Å². The number of amides is 2. The molecule has 2 fully saturated rings. The van der Waals surface area contributed by atoms with Gasteiger partial charge in [0.1, 0.15) is 12.3 Å². The van der Waals surface area contributed by atoms with Crippen molar-refractivity contribution < 1.29 is 19.2 Å². The van der Waals surface area contributed by atoms with Gasteiger partial charge in [0.15, 0.2) is 0 Å². The summed E-state index contributed by atoms with van der Waals surface area (Å²) in [7, 11) is 1.40. The molecule has 4 rings (SSSR count). The molecule has 2 amide bonds. The van der Waals surface area contributed by atoms with Gasteiger partial charge >= 0.3 is 0 Å². The van der Waals surface area contributed by atoms with Gasteiger partial charge in [0, 0.05) is 31.5 Å². The summed E-state index contributed by atoms with van der Waals surface area (Å²) in [6.07, 6.45) is 4.42. The van der Waals surface area contributed by atoms with E-state index >= 15 is 0 Å². The van der Waals surface area contributed by atoms with Gasteiger partial charge in [-0.1, -0.05) is 0 Å². The lowest BCUT2D eigenvalue weighted by molar-refractivity contribution is -0.385. The molecule has 3 heterocycles. The fourth-order valence-electron chi connectivity index (χ4n) is 4.04. The number of nitro groups is 1. The number of aromatic nitrogens is 1. The summed E-state index contributed by atoms with van der Waals surface area (Å²) < 4.78 is 6.91. The maximum absolute atomic E-state index is 13.0. The van der Waals surface area contributed by atoms with Crippen LogP contribution in [-0.2, 0) is 11.3 Å². The minimum atomic E-state index is -0.545. The SMILES string of the molecule is COc1cc(C(=O)N2C[C@@H]3C[C@H]2CN3C(=O)Cn2cccc2)cc([N+](=O)[O-])c1. The molecule has 1 aromatic carbocycles. The summed E-state index contributed by atoms with van der Waals surface area (Å²) in [5.41, 5.74) is 0.0411. The second-order valence-corrected chi connectivity index (χ2v) is 7.08. The van der Waals surface area contributed by atoms with E-state index in [0.717, 1.165) is 6.42 Å². The summed E-state index contributed by atoms with van der Waals surface area (Å²) in [6, 6.07) is 7.72. The highest BCUT2D eigenvalue weighted by Crippen LogP contribution is 2.33. The second-order valence-electron chi connectivity index (χ2n) is 7.08. The van der Waals surface area contributed by atoms with Crippen LogP contribution < -0.4 is 4.74 Å². The van der Waals surface area contributed by atoms with E-state index in [2.05, 4.69) is 0 Å². The van der Waals surface area contributed by atoms with E-state index in [1.54, 1.807) is 4.90 Å². The van der Waals surface area contributed by atoms with Crippen LogP contribution in [0.2, 0.25) is 0 Å². The van der Waals surface area contributed by atoms with E-state index in [9.17, 15) is 19.7 Å². The van der Waals surface area contributed by atoms with E-state index in [0.29, 0.717) is 13.1 Å². The first-order valence-electron chi connectivity index (χ1n) is 9.01. The minimum Gasteiger partial charge on any atom is -0.496 e. The molecule has 2 aliphatic rings. The molecule has 0 N–H and O–H groups in total. The van der Waals surface area contributed by atoms with Gasteiger partial charge in [-0.05, 0) is 24.6 Å². The highest BCUT2D eigenvalue weighted by atomic mass is 16.6. The normalized spacial score (nSPS) is 20.5. The van der Waals surface area contributed by atoms with Crippen LogP contribution in [-0.4, -0.2) is 63.4 Å². The third kappa shape index (κ3) is 3.19. The van der Waals surface area contributed by atoms with E-state index in [1.165, 1.54) is 25.3 Å². The summed E-state index contributed by atoms with van der Waals surface area (Å²) in [6.45, 7) is 1.21. The van der Waals surface area contributed by atoms with E-state index in [1.807, 2.05) is 34.0 Å². The molecule has 9 nitrogen and oxygen atoms in total. The Balaban J connectivity index is 1.47. The standard InChI is InChI=1S/C19H20N4O5/c1-28-17-7-13(6-14(9-17)23(26)27)19(25)22-11-15-8-16(22)10-21(15)18(24)12-20-4-2-3-5-20/h2-7,9,15-16H,8,10-12H2,1H3/t15-,16-/m0/s1. The molecule has 0 spiro atoms. The maximum atomic E-state index is 13.0. The first kappa shape index (κ1) is 18.0. The van der Waals surface area contributed by atoms with Gasteiger partial charge in [-0.25, -0.2) is 0 Å². The molecule has 28 heavy (non-hydrogen) atoms. The number of carbonyl (C=O) groups is 2. The number of methoxy groups -OCH3 is 1. The summed E-state index contributed by atoms with van der Waals surface area (Å²) in [4.78, 5) is 39.6. The number of hydrogen-bond acceptors (Lipinski definition) is 5. The average molecular weight is 384 g/mol. The summed E-state index contributed by atoms with van der Waals surface area (Å²) >= 11 is 0. The Morgan fingerprint density at radius 1 is 1.14 bits per heavy atom. The van der Waals surface area contributed by atoms with Gasteiger partial charge in [0.25, 0.3) is 11.6 Å². The van der Waals surface area contributed by atoms with Crippen LogP contribution in [0, 0.1) is 10.1 Å². The number of nitrogens with zero attached hydrogens (tertiary/aromatic N) is 4. The average Bonchev–Trinajstić information content (AvgIpc) is 3.43. The number of piperazine rings is 1. The quantitative estimate of drug-likeness (QED) is 0.575. The van der Waals surface area contributed by atoms with Gasteiger partial charge < -0.3 is 19.1 Å². The first-order valence-corrected chi connectivity index (χ1v) is 9.01. The van der Waals surface area contributed by atoms with Crippen molar-refractivity contribution in [1.29, 1.82) is 0 Å². The molecule has 9 heteroatoms. The lowest BCUT2D eigenvalue weighted by Crippen LogP contribution is -2.51. The van der Waals surface area contributed by atoms with Gasteiger partial charge in [-0.15, -0.1) is 0 Å². The van der Waals surface area contributed by atoms with Crippen LogP contribution in [0.15, 0.2) is 42.7 Å². The van der Waals surface area contributed by atoms with Crippen molar-refractivity contribution in [3.05, 3.63) is 58.4 Å². The van der Waals surface area contributed by atoms with Crippen molar-refractivity contribution in [1.82, 2.24) is 14.4 Å². The smallest absolute Gasteiger partial charge is 0.273 e. The molecule has 0 saturated carbocycles. The van der Waals surface area contributed by atoms with Crippen LogP contribution in [0.4, 0.5) is 5.69 Å². The molecule has 2 bridgehead atoms. The maximum Gasteiger partial charge on any atom is 0.273 e. The molecular weight excluding hydrogens is 364 g/mol. The molecule has 2 saturated heterocycles. The Labute approximate surface area is 161 Å². The summed E-state index contributed by atoms with van der Waals surface area (Å²) in [5.74, 6) is 0.0326. The van der Waals surface area contributed by atoms with E-state index in [-0.39, 0.29) is 47.4 Å². The molecular formula is C19H20N4O5. The van der Waals surface area contributed by atoms with Gasteiger partial charge in [0.05, 0.1) is 35.7 Å².